The van der Waals surface area contributed by atoms with Crippen LogP contribution in [0, 0.1) is 0 Å². The Hall–Kier alpha value is -2.88. The van der Waals surface area contributed by atoms with Crippen LogP contribution in [-0.4, -0.2) is 5.91 Å². The van der Waals surface area contributed by atoms with Gasteiger partial charge < -0.3 is 5.32 Å². The van der Waals surface area contributed by atoms with Crippen molar-refractivity contribution in [2.45, 2.75) is 0 Å². The molecule has 0 radical (unpaired) electrons. The highest BCUT2D eigenvalue weighted by molar-refractivity contribution is 7.22. The Balaban J connectivity index is 1.61. The van der Waals surface area contributed by atoms with E-state index in [0.717, 1.165) is 37.3 Å². The van der Waals surface area contributed by atoms with E-state index in [0.29, 0.717) is 9.90 Å². The van der Waals surface area contributed by atoms with Crippen LogP contribution < -0.4 is 5.32 Å². The van der Waals surface area contributed by atoms with E-state index in [1.165, 1.54) is 11.3 Å². The first-order valence-corrected chi connectivity index (χ1v) is 9.81. The predicted molar refractivity (Wildman–Crippen MR) is 116 cm³/mol. The van der Waals surface area contributed by atoms with E-state index in [1.807, 2.05) is 66.7 Å². The van der Waals surface area contributed by atoms with Crippen molar-refractivity contribution in [3.63, 3.8) is 0 Å². The summed E-state index contributed by atoms with van der Waals surface area (Å²) in [5, 5.41) is 8.83. The number of carbonyl (C=O) groups excluding carboxylic acids is 1. The zero-order valence-electron chi connectivity index (χ0n) is 14.2. The number of halogens is 1. The van der Waals surface area contributed by atoms with Crippen LogP contribution in [-0.2, 0) is 0 Å². The van der Waals surface area contributed by atoms with E-state index in [4.69, 9.17) is 11.6 Å². The molecule has 0 aliphatic rings. The van der Waals surface area contributed by atoms with Gasteiger partial charge in [0.1, 0.15) is 4.88 Å². The second kappa shape index (κ2) is 6.38. The molecule has 0 unspecified atom stereocenters. The molecule has 0 saturated carbocycles. The minimum atomic E-state index is -0.179. The average Bonchev–Trinajstić information content (AvgIpc) is 3.05. The molecule has 0 spiro atoms. The summed E-state index contributed by atoms with van der Waals surface area (Å²) in [7, 11) is 0. The SMILES string of the molecule is O=C(Nc1cccc2ccccc12)c1sc2c(ccc3ccccc32)c1Cl. The summed E-state index contributed by atoms with van der Waals surface area (Å²) in [5.74, 6) is -0.179. The molecular weight excluding hydrogens is 374 g/mol. The van der Waals surface area contributed by atoms with Crippen LogP contribution >= 0.6 is 22.9 Å². The lowest BCUT2D eigenvalue weighted by Crippen LogP contribution is -2.10. The van der Waals surface area contributed by atoms with Crippen molar-refractivity contribution >= 4 is 66.2 Å². The number of fused-ring (bicyclic) bond motifs is 4. The Morgan fingerprint density at radius 1 is 0.741 bits per heavy atom. The summed E-state index contributed by atoms with van der Waals surface area (Å²) in [6.07, 6.45) is 0. The van der Waals surface area contributed by atoms with E-state index < -0.39 is 0 Å². The third-order valence-corrected chi connectivity index (χ3v) is 6.51. The molecule has 0 aliphatic carbocycles. The molecule has 4 aromatic carbocycles. The van der Waals surface area contributed by atoms with Crippen molar-refractivity contribution in [3.05, 3.63) is 88.8 Å². The van der Waals surface area contributed by atoms with Crippen LogP contribution in [0.5, 0.6) is 0 Å². The molecule has 1 heterocycles. The van der Waals surface area contributed by atoms with E-state index in [1.54, 1.807) is 0 Å². The number of nitrogens with one attached hydrogen (secondary N) is 1. The first-order valence-electron chi connectivity index (χ1n) is 8.61. The monoisotopic (exact) mass is 387 g/mol. The highest BCUT2D eigenvalue weighted by Crippen LogP contribution is 2.40. The maximum Gasteiger partial charge on any atom is 0.267 e. The van der Waals surface area contributed by atoms with Gasteiger partial charge in [-0.25, -0.2) is 0 Å². The molecule has 27 heavy (non-hydrogen) atoms. The fourth-order valence-electron chi connectivity index (χ4n) is 3.45. The van der Waals surface area contributed by atoms with Gasteiger partial charge in [-0.05, 0) is 22.2 Å². The van der Waals surface area contributed by atoms with Gasteiger partial charge in [-0.3, -0.25) is 4.79 Å². The lowest BCUT2D eigenvalue weighted by atomic mass is 10.1. The quantitative estimate of drug-likeness (QED) is 0.343. The largest absolute Gasteiger partial charge is 0.321 e. The Bertz CT molecular complexity index is 1330. The van der Waals surface area contributed by atoms with Crippen molar-refractivity contribution in [2.24, 2.45) is 0 Å². The summed E-state index contributed by atoms with van der Waals surface area (Å²) < 4.78 is 1.04. The van der Waals surface area contributed by atoms with Crippen molar-refractivity contribution in [3.8, 4) is 0 Å². The van der Waals surface area contributed by atoms with E-state index in [9.17, 15) is 4.79 Å². The molecule has 0 saturated heterocycles. The third-order valence-electron chi connectivity index (χ3n) is 4.76. The molecule has 0 atom stereocenters. The molecule has 0 fully saturated rings. The first-order chi connectivity index (χ1) is 13.2. The number of thiophene rings is 1. The Morgan fingerprint density at radius 3 is 2.22 bits per heavy atom. The van der Waals surface area contributed by atoms with Crippen LogP contribution in [0.3, 0.4) is 0 Å². The Kier molecular flexibility index (Phi) is 3.85. The zero-order chi connectivity index (χ0) is 18.4. The molecular formula is C23H14ClNOS. The smallest absolute Gasteiger partial charge is 0.267 e. The summed E-state index contributed by atoms with van der Waals surface area (Å²) in [6.45, 7) is 0. The lowest BCUT2D eigenvalue weighted by Gasteiger charge is -2.08. The summed E-state index contributed by atoms with van der Waals surface area (Å²) >= 11 is 8.03. The first kappa shape index (κ1) is 16.3. The fourth-order valence-corrected chi connectivity index (χ4v) is 4.99. The van der Waals surface area contributed by atoms with Crippen molar-refractivity contribution in [1.29, 1.82) is 0 Å². The Morgan fingerprint density at radius 2 is 1.41 bits per heavy atom. The molecule has 1 N–H and O–H groups in total. The number of rotatable bonds is 2. The molecule has 5 aromatic rings. The van der Waals surface area contributed by atoms with Gasteiger partial charge in [0.15, 0.2) is 0 Å². The number of anilines is 1. The van der Waals surface area contributed by atoms with Crippen LogP contribution in [0.15, 0.2) is 78.9 Å². The number of hydrogen-bond acceptors (Lipinski definition) is 2. The van der Waals surface area contributed by atoms with Crippen molar-refractivity contribution < 1.29 is 4.79 Å². The zero-order valence-corrected chi connectivity index (χ0v) is 15.8. The maximum absolute atomic E-state index is 13.0. The predicted octanol–water partition coefficient (Wildman–Crippen LogP) is 7.11. The molecule has 1 aromatic heterocycles. The minimum Gasteiger partial charge on any atom is -0.321 e. The molecule has 1 amide bonds. The highest BCUT2D eigenvalue weighted by atomic mass is 35.5. The standard InChI is InChI=1S/C23H14ClNOS/c24-20-18-13-12-15-7-2-4-10-17(15)21(18)27-22(20)23(26)25-19-11-5-8-14-6-1-3-9-16(14)19/h1-13H,(H,25,26). The van der Waals surface area contributed by atoms with Gasteiger partial charge in [0.2, 0.25) is 0 Å². The normalized spacial score (nSPS) is 11.3. The van der Waals surface area contributed by atoms with Gasteiger partial charge in [0.25, 0.3) is 5.91 Å². The molecule has 5 rings (SSSR count). The van der Waals surface area contributed by atoms with Crippen molar-refractivity contribution in [2.75, 3.05) is 5.32 Å². The average molecular weight is 388 g/mol. The summed E-state index contributed by atoms with van der Waals surface area (Å²) in [6, 6.07) is 26.1. The van der Waals surface area contributed by atoms with Gasteiger partial charge in [0.05, 0.1) is 5.02 Å². The lowest BCUT2D eigenvalue weighted by molar-refractivity contribution is 0.103. The number of amides is 1. The minimum absolute atomic E-state index is 0.179. The van der Waals surface area contributed by atoms with Gasteiger partial charge in [0, 0.05) is 21.2 Å². The van der Waals surface area contributed by atoms with Crippen LogP contribution in [0.1, 0.15) is 9.67 Å². The third kappa shape index (κ3) is 2.67. The molecule has 0 aliphatic heterocycles. The number of hydrogen-bond donors (Lipinski definition) is 1. The summed E-state index contributed by atoms with van der Waals surface area (Å²) in [5.41, 5.74) is 0.788. The van der Waals surface area contributed by atoms with E-state index >= 15 is 0 Å². The van der Waals surface area contributed by atoms with Gasteiger partial charge >= 0.3 is 0 Å². The second-order valence-corrected chi connectivity index (χ2v) is 7.79. The van der Waals surface area contributed by atoms with Crippen LogP contribution in [0.4, 0.5) is 5.69 Å². The second-order valence-electron chi connectivity index (χ2n) is 6.39. The van der Waals surface area contributed by atoms with E-state index in [-0.39, 0.29) is 5.91 Å². The fraction of sp³-hybridized carbons (Fsp3) is 0. The highest BCUT2D eigenvalue weighted by Gasteiger charge is 2.19. The molecule has 0 bridgehead atoms. The molecule has 2 nitrogen and oxygen atoms in total. The molecule has 130 valence electrons. The van der Waals surface area contributed by atoms with Gasteiger partial charge in [-0.15, -0.1) is 11.3 Å². The number of carbonyl (C=O) groups is 1. The topological polar surface area (TPSA) is 29.1 Å². The van der Waals surface area contributed by atoms with Crippen LogP contribution in [0.25, 0.3) is 31.6 Å². The number of benzene rings is 4. The molecule has 4 heteroatoms. The summed E-state index contributed by atoms with van der Waals surface area (Å²) in [4.78, 5) is 13.5. The maximum atomic E-state index is 13.0. The van der Waals surface area contributed by atoms with Crippen LogP contribution in [0.2, 0.25) is 5.02 Å². The van der Waals surface area contributed by atoms with Gasteiger partial charge in [-0.2, -0.15) is 0 Å². The Labute approximate surface area is 165 Å². The van der Waals surface area contributed by atoms with Gasteiger partial charge in [-0.1, -0.05) is 84.4 Å². The van der Waals surface area contributed by atoms with Crippen molar-refractivity contribution in [1.82, 2.24) is 0 Å². The van der Waals surface area contributed by atoms with E-state index in [2.05, 4.69) is 17.4 Å².